The summed E-state index contributed by atoms with van der Waals surface area (Å²) < 4.78 is 5.32. The van der Waals surface area contributed by atoms with E-state index in [0.717, 1.165) is 24.8 Å². The molecule has 146 valence electrons. The van der Waals surface area contributed by atoms with Crippen molar-refractivity contribution in [1.82, 2.24) is 15.5 Å². The summed E-state index contributed by atoms with van der Waals surface area (Å²) in [7, 11) is 0. The van der Waals surface area contributed by atoms with Gasteiger partial charge in [0.2, 0.25) is 17.6 Å². The zero-order chi connectivity index (χ0) is 19.2. The Kier molecular flexibility index (Phi) is 6.61. The Bertz CT molecular complexity index is 739. The monoisotopic (exact) mass is 370 g/mol. The zero-order valence-corrected chi connectivity index (χ0v) is 16.3. The first-order valence-electron chi connectivity index (χ1n) is 9.99. The molecule has 1 aliphatic carbocycles. The maximum atomic E-state index is 12.3. The molecule has 6 heteroatoms. The van der Waals surface area contributed by atoms with Gasteiger partial charge >= 0.3 is 0 Å². The van der Waals surface area contributed by atoms with E-state index in [1.807, 2.05) is 12.1 Å². The number of rotatable bonds is 7. The van der Waals surface area contributed by atoms with Crippen LogP contribution in [0.1, 0.15) is 63.3 Å². The van der Waals surface area contributed by atoms with Gasteiger partial charge in [-0.3, -0.25) is 4.79 Å². The minimum absolute atomic E-state index is 0.0291. The number of hydrogen-bond acceptors (Lipinski definition) is 5. The maximum Gasteiger partial charge on any atom is 0.227 e. The third kappa shape index (κ3) is 5.16. The van der Waals surface area contributed by atoms with E-state index in [0.29, 0.717) is 42.9 Å². The molecule has 0 saturated heterocycles. The van der Waals surface area contributed by atoms with Gasteiger partial charge in [0.1, 0.15) is 0 Å². The highest BCUT2D eigenvalue weighted by Gasteiger charge is 2.25. The highest BCUT2D eigenvalue weighted by atomic mass is 16.5. The first-order valence-corrected chi connectivity index (χ1v) is 9.99. The van der Waals surface area contributed by atoms with Gasteiger partial charge in [-0.15, -0.1) is 0 Å². The van der Waals surface area contributed by atoms with E-state index < -0.39 is 0 Å². The Morgan fingerprint density at radius 1 is 1.26 bits per heavy atom. The fraction of sp³-hybridized carbons (Fsp3) is 0.571. The number of benzene rings is 1. The van der Waals surface area contributed by atoms with Crippen LogP contribution in [0.25, 0.3) is 11.4 Å². The van der Waals surface area contributed by atoms with Crippen LogP contribution in [0, 0.1) is 5.92 Å². The number of hydrogen-bond donors (Lipinski definition) is 2. The topological polar surface area (TPSA) is 94.0 Å². The van der Waals surface area contributed by atoms with Crippen LogP contribution in [-0.4, -0.2) is 28.6 Å². The van der Waals surface area contributed by atoms with Crippen molar-refractivity contribution in [1.29, 1.82) is 0 Å². The van der Waals surface area contributed by atoms with E-state index in [2.05, 4.69) is 41.4 Å². The maximum absolute atomic E-state index is 12.3. The molecule has 1 aromatic carbocycles. The number of nitrogens with zero attached hydrogens (tertiary/aromatic N) is 2. The first kappa shape index (κ1) is 19.5. The quantitative estimate of drug-likeness (QED) is 0.779. The molecule has 0 bridgehead atoms. The van der Waals surface area contributed by atoms with Crippen LogP contribution in [0.5, 0.6) is 0 Å². The van der Waals surface area contributed by atoms with Gasteiger partial charge in [0.05, 0.1) is 0 Å². The molecule has 2 aromatic rings. The van der Waals surface area contributed by atoms with Crippen molar-refractivity contribution in [2.24, 2.45) is 11.7 Å². The lowest BCUT2D eigenvalue weighted by molar-refractivity contribution is -0.122. The molecule has 6 nitrogen and oxygen atoms in total. The van der Waals surface area contributed by atoms with E-state index in [-0.39, 0.29) is 11.9 Å². The molecule has 0 spiro atoms. The van der Waals surface area contributed by atoms with E-state index in [4.69, 9.17) is 10.3 Å². The number of aryl methyl sites for hydroxylation is 1. The van der Waals surface area contributed by atoms with Crippen molar-refractivity contribution in [2.45, 2.75) is 64.3 Å². The Morgan fingerprint density at radius 2 is 2.00 bits per heavy atom. The number of carbonyl (C=O) groups is 1. The molecular formula is C21H30N4O2. The minimum Gasteiger partial charge on any atom is -0.353 e. The Labute approximate surface area is 160 Å². The van der Waals surface area contributed by atoms with Crippen molar-refractivity contribution < 1.29 is 9.32 Å². The van der Waals surface area contributed by atoms with Gasteiger partial charge in [-0.25, -0.2) is 0 Å². The molecule has 1 fully saturated rings. The molecule has 1 aliphatic rings. The summed E-state index contributed by atoms with van der Waals surface area (Å²) in [6.07, 6.45) is 5.28. The van der Waals surface area contributed by atoms with Crippen LogP contribution in [0.3, 0.4) is 0 Å². The summed E-state index contributed by atoms with van der Waals surface area (Å²) >= 11 is 0. The normalized spacial score (nSPS) is 20.0. The Balaban J connectivity index is 1.52. The molecule has 3 N–H and O–H groups in total. The molecule has 1 saturated carbocycles. The van der Waals surface area contributed by atoms with Crippen LogP contribution in [0.2, 0.25) is 0 Å². The molecule has 3 rings (SSSR count). The zero-order valence-electron chi connectivity index (χ0n) is 16.3. The van der Waals surface area contributed by atoms with Gasteiger partial charge in [0, 0.05) is 24.4 Å². The van der Waals surface area contributed by atoms with Gasteiger partial charge in [-0.05, 0) is 36.8 Å². The second-order valence-electron chi connectivity index (χ2n) is 7.74. The molecule has 27 heavy (non-hydrogen) atoms. The van der Waals surface area contributed by atoms with Gasteiger partial charge in [-0.2, -0.15) is 4.98 Å². The first-order chi connectivity index (χ1) is 13.1. The van der Waals surface area contributed by atoms with Gasteiger partial charge < -0.3 is 15.6 Å². The summed E-state index contributed by atoms with van der Waals surface area (Å²) in [5, 5.41) is 7.18. The lowest BCUT2D eigenvalue weighted by Crippen LogP contribution is -2.44. The summed E-state index contributed by atoms with van der Waals surface area (Å²) in [5.74, 6) is 1.97. The fourth-order valence-electron chi connectivity index (χ4n) is 3.67. The van der Waals surface area contributed by atoms with Crippen LogP contribution in [-0.2, 0) is 11.2 Å². The van der Waals surface area contributed by atoms with Crippen molar-refractivity contribution in [3.8, 4) is 11.4 Å². The summed E-state index contributed by atoms with van der Waals surface area (Å²) in [4.78, 5) is 16.7. The largest absolute Gasteiger partial charge is 0.353 e. The Morgan fingerprint density at radius 3 is 2.70 bits per heavy atom. The number of carbonyl (C=O) groups excluding carboxylic acids is 1. The third-order valence-corrected chi connectivity index (χ3v) is 5.43. The second-order valence-corrected chi connectivity index (χ2v) is 7.74. The molecule has 1 heterocycles. The fourth-order valence-corrected chi connectivity index (χ4v) is 3.67. The van der Waals surface area contributed by atoms with Gasteiger partial charge in [0.15, 0.2) is 0 Å². The molecule has 0 radical (unpaired) electrons. The molecule has 0 aliphatic heterocycles. The highest BCUT2D eigenvalue weighted by molar-refractivity contribution is 5.76. The molecule has 1 amide bonds. The van der Waals surface area contributed by atoms with Gasteiger partial charge in [-0.1, -0.05) is 56.1 Å². The lowest BCUT2D eigenvalue weighted by atomic mass is 9.84. The SMILES string of the molecule is CC(C)c1ccc(-c2noc(CCC(=O)NC3CCCCC3CN)n2)cc1. The van der Waals surface area contributed by atoms with Crippen LogP contribution in [0.15, 0.2) is 28.8 Å². The lowest BCUT2D eigenvalue weighted by Gasteiger charge is -2.31. The molecule has 2 unspecified atom stereocenters. The Hall–Kier alpha value is -2.21. The number of amides is 1. The number of nitrogens with two attached hydrogens (primary N) is 1. The summed E-state index contributed by atoms with van der Waals surface area (Å²) in [6, 6.07) is 8.39. The average Bonchev–Trinajstić information content (AvgIpc) is 3.16. The second kappa shape index (κ2) is 9.13. The van der Waals surface area contributed by atoms with Crippen molar-refractivity contribution in [2.75, 3.05) is 6.54 Å². The van der Waals surface area contributed by atoms with Gasteiger partial charge in [0.25, 0.3) is 0 Å². The molecule has 2 atom stereocenters. The average molecular weight is 370 g/mol. The molecular weight excluding hydrogens is 340 g/mol. The highest BCUT2D eigenvalue weighted by Crippen LogP contribution is 2.24. The van der Waals surface area contributed by atoms with E-state index >= 15 is 0 Å². The van der Waals surface area contributed by atoms with E-state index in [1.165, 1.54) is 12.0 Å². The predicted octanol–water partition coefficient (Wildman–Crippen LogP) is 3.43. The van der Waals surface area contributed by atoms with Crippen LogP contribution < -0.4 is 11.1 Å². The van der Waals surface area contributed by atoms with Crippen LogP contribution in [0.4, 0.5) is 0 Å². The van der Waals surface area contributed by atoms with E-state index in [1.54, 1.807) is 0 Å². The summed E-state index contributed by atoms with van der Waals surface area (Å²) in [5.41, 5.74) is 8.03. The number of aromatic nitrogens is 2. The molecule has 1 aromatic heterocycles. The minimum atomic E-state index is 0.0291. The van der Waals surface area contributed by atoms with E-state index in [9.17, 15) is 4.79 Å². The standard InChI is InChI=1S/C21H30N4O2/c1-14(2)15-7-9-16(10-8-15)21-24-20(27-25-21)12-11-19(26)23-18-6-4-3-5-17(18)13-22/h7-10,14,17-18H,3-6,11-13,22H2,1-2H3,(H,23,26). The van der Waals surface area contributed by atoms with Crippen LogP contribution >= 0.6 is 0 Å². The number of nitrogens with one attached hydrogen (secondary N) is 1. The van der Waals surface area contributed by atoms with Crippen molar-refractivity contribution >= 4 is 5.91 Å². The van der Waals surface area contributed by atoms with Crippen molar-refractivity contribution in [3.05, 3.63) is 35.7 Å². The third-order valence-electron chi connectivity index (χ3n) is 5.43. The predicted molar refractivity (Wildman–Crippen MR) is 105 cm³/mol. The smallest absolute Gasteiger partial charge is 0.227 e. The summed E-state index contributed by atoms with van der Waals surface area (Å²) in [6.45, 7) is 4.96. The van der Waals surface area contributed by atoms with Crippen molar-refractivity contribution in [3.63, 3.8) is 0 Å².